The van der Waals surface area contributed by atoms with Gasteiger partial charge in [-0.1, -0.05) is 19.3 Å². The van der Waals surface area contributed by atoms with E-state index in [-0.39, 0.29) is 11.5 Å². The summed E-state index contributed by atoms with van der Waals surface area (Å²) in [5, 5.41) is 5.26. The van der Waals surface area contributed by atoms with Gasteiger partial charge in [0, 0.05) is 31.7 Å². The number of hydrogen-bond acceptors (Lipinski definition) is 7. The quantitative estimate of drug-likeness (QED) is 0.463. The summed E-state index contributed by atoms with van der Waals surface area (Å²) in [4.78, 5) is 17.4. The molecular weight excluding hydrogens is 354 g/mol. The predicted octanol–water partition coefficient (Wildman–Crippen LogP) is 3.50. The van der Waals surface area contributed by atoms with E-state index >= 15 is 0 Å². The van der Waals surface area contributed by atoms with Gasteiger partial charge >= 0.3 is 5.97 Å². The summed E-state index contributed by atoms with van der Waals surface area (Å²) in [7, 11) is 1.41. The number of anilines is 1. The maximum atomic E-state index is 11.8. The van der Waals surface area contributed by atoms with Crippen LogP contribution in [0.25, 0.3) is 0 Å². The molecule has 3 rings (SSSR count). The lowest BCUT2D eigenvalue weighted by atomic mass is 9.81. The molecule has 25 heavy (non-hydrogen) atoms. The molecule has 1 atom stereocenters. The Morgan fingerprint density at radius 3 is 2.60 bits per heavy atom. The molecule has 0 bridgehead atoms. The van der Waals surface area contributed by atoms with Crippen LogP contribution in [0.15, 0.2) is 11.4 Å². The van der Waals surface area contributed by atoms with E-state index in [0.717, 1.165) is 31.9 Å². The zero-order chi connectivity index (χ0) is 17.9. The second kappa shape index (κ2) is 8.29. The average Bonchev–Trinajstić information content (AvgIpc) is 3.10. The van der Waals surface area contributed by atoms with Crippen molar-refractivity contribution in [3.05, 3.63) is 16.3 Å². The summed E-state index contributed by atoms with van der Waals surface area (Å²) in [6.07, 6.45) is 6.77. The lowest BCUT2D eigenvalue weighted by molar-refractivity contribution is 0.0185. The molecule has 2 fully saturated rings. The molecule has 1 saturated carbocycles. The van der Waals surface area contributed by atoms with E-state index in [2.05, 4.69) is 22.0 Å². The molecule has 0 aromatic carbocycles. The topological polar surface area (TPSA) is 44.8 Å². The number of thiol groups is 1. The highest BCUT2D eigenvalue weighted by molar-refractivity contribution is 7.81. The zero-order valence-corrected chi connectivity index (χ0v) is 16.9. The van der Waals surface area contributed by atoms with Crippen LogP contribution in [0.3, 0.4) is 0 Å². The number of carbonyl (C=O) groups is 1. The minimum Gasteiger partial charge on any atom is -0.465 e. The van der Waals surface area contributed by atoms with Crippen molar-refractivity contribution in [2.75, 3.05) is 38.6 Å². The fourth-order valence-corrected chi connectivity index (χ4v) is 5.18. The van der Waals surface area contributed by atoms with E-state index in [0.29, 0.717) is 10.4 Å². The molecule has 140 valence electrons. The molecule has 5 nitrogen and oxygen atoms in total. The Hall–Kier alpha value is -0.760. The number of thiophene rings is 1. The van der Waals surface area contributed by atoms with Gasteiger partial charge < -0.3 is 10.1 Å². The van der Waals surface area contributed by atoms with Gasteiger partial charge in [-0.05, 0) is 31.2 Å². The van der Waals surface area contributed by atoms with E-state index in [9.17, 15) is 4.79 Å². The van der Waals surface area contributed by atoms with Crippen LogP contribution in [0.4, 0.5) is 5.69 Å². The van der Waals surface area contributed by atoms with Gasteiger partial charge in [0.1, 0.15) is 10.4 Å². The maximum Gasteiger partial charge on any atom is 0.350 e. The van der Waals surface area contributed by atoms with Gasteiger partial charge in [-0.3, -0.25) is 9.80 Å². The van der Waals surface area contributed by atoms with Gasteiger partial charge in [0.2, 0.25) is 0 Å². The molecule has 1 aliphatic heterocycles. The Morgan fingerprint density at radius 1 is 1.28 bits per heavy atom. The fraction of sp³-hybridized carbons (Fsp3) is 0.722. The molecule has 2 heterocycles. The Labute approximate surface area is 160 Å². The number of carbonyl (C=O) groups excluding carboxylic acids is 1. The Bertz CT molecular complexity index is 579. The monoisotopic (exact) mass is 383 g/mol. The number of nitrogens with one attached hydrogen (secondary N) is 1. The van der Waals surface area contributed by atoms with Crippen LogP contribution in [-0.2, 0) is 4.74 Å². The van der Waals surface area contributed by atoms with Gasteiger partial charge in [-0.2, -0.15) is 0 Å². The molecule has 1 aromatic heterocycles. The maximum absolute atomic E-state index is 11.8. The smallest absolute Gasteiger partial charge is 0.350 e. The van der Waals surface area contributed by atoms with E-state index in [1.807, 2.05) is 11.4 Å². The number of rotatable bonds is 5. The highest BCUT2D eigenvalue weighted by atomic mass is 32.1. The second-order valence-corrected chi connectivity index (χ2v) is 8.66. The van der Waals surface area contributed by atoms with E-state index < -0.39 is 0 Å². The van der Waals surface area contributed by atoms with Crippen molar-refractivity contribution in [3.8, 4) is 0 Å². The minimum atomic E-state index is -0.298. The van der Waals surface area contributed by atoms with Crippen molar-refractivity contribution >= 4 is 35.6 Å². The third kappa shape index (κ3) is 4.32. The van der Waals surface area contributed by atoms with Crippen LogP contribution in [-0.4, -0.2) is 60.1 Å². The number of hydrogen-bond donors (Lipinski definition) is 2. The summed E-state index contributed by atoms with van der Waals surface area (Å²) in [6.45, 7) is 6.60. The standard InChI is InChI=1S/C18H29N3O2S2/c1-18(7-4-3-5-8-18)21-11-9-20(10-12-21)17(24)19-14-6-13-25-15(14)16(22)23-2/h6,13,17,19,24H,3-5,7-12H2,1-2H3. The second-order valence-electron chi connectivity index (χ2n) is 7.25. The molecular formula is C18H29N3O2S2. The summed E-state index contributed by atoms with van der Waals surface area (Å²) < 4.78 is 4.84. The first kappa shape index (κ1) is 19.0. The van der Waals surface area contributed by atoms with E-state index in [4.69, 9.17) is 17.4 Å². The van der Waals surface area contributed by atoms with Gasteiger partial charge in [0.15, 0.2) is 0 Å². The molecule has 7 heteroatoms. The fourth-order valence-electron chi connectivity index (χ4n) is 4.04. The Kier molecular flexibility index (Phi) is 6.30. The van der Waals surface area contributed by atoms with Crippen LogP contribution in [0.2, 0.25) is 0 Å². The Morgan fingerprint density at radius 2 is 1.96 bits per heavy atom. The number of nitrogens with zero attached hydrogens (tertiary/aromatic N) is 2. The van der Waals surface area contributed by atoms with Gasteiger partial charge in [-0.15, -0.1) is 24.0 Å². The minimum absolute atomic E-state index is 0.0979. The highest BCUT2D eigenvalue weighted by Gasteiger charge is 2.35. The molecule has 1 unspecified atom stereocenters. The molecule has 1 aliphatic carbocycles. The van der Waals surface area contributed by atoms with Crippen molar-refractivity contribution < 1.29 is 9.53 Å². The van der Waals surface area contributed by atoms with Crippen molar-refractivity contribution in [3.63, 3.8) is 0 Å². The summed E-state index contributed by atoms with van der Waals surface area (Å²) in [5.74, 6) is -0.298. The first-order valence-corrected chi connectivity index (χ1v) is 10.5. The number of piperazine rings is 1. The zero-order valence-electron chi connectivity index (χ0n) is 15.2. The van der Waals surface area contributed by atoms with E-state index in [1.165, 1.54) is 50.6 Å². The largest absolute Gasteiger partial charge is 0.465 e. The molecule has 0 radical (unpaired) electrons. The molecule has 0 amide bonds. The van der Waals surface area contributed by atoms with Crippen molar-refractivity contribution in [1.29, 1.82) is 0 Å². The summed E-state index contributed by atoms with van der Waals surface area (Å²) >= 11 is 6.12. The van der Waals surface area contributed by atoms with Crippen LogP contribution >= 0.6 is 24.0 Å². The average molecular weight is 384 g/mol. The third-order valence-corrected chi connectivity index (χ3v) is 7.03. The SMILES string of the molecule is COC(=O)c1sccc1NC(S)N1CCN(C2(C)CCCCC2)CC1. The predicted molar refractivity (Wildman–Crippen MR) is 107 cm³/mol. The van der Waals surface area contributed by atoms with Crippen molar-refractivity contribution in [2.24, 2.45) is 0 Å². The molecule has 2 aliphatic rings. The van der Waals surface area contributed by atoms with Crippen LogP contribution in [0.5, 0.6) is 0 Å². The van der Waals surface area contributed by atoms with Crippen LogP contribution in [0.1, 0.15) is 48.7 Å². The number of methoxy groups -OCH3 is 1. The van der Waals surface area contributed by atoms with Crippen molar-refractivity contribution in [2.45, 2.75) is 50.1 Å². The normalized spacial score (nSPS) is 23.2. The number of esters is 1. The molecule has 1 saturated heterocycles. The van der Waals surface area contributed by atoms with Crippen LogP contribution in [0, 0.1) is 0 Å². The van der Waals surface area contributed by atoms with Gasteiger partial charge in [0.25, 0.3) is 0 Å². The summed E-state index contributed by atoms with van der Waals surface area (Å²) in [5.41, 5.74) is 1.09. The van der Waals surface area contributed by atoms with Gasteiger partial charge in [-0.25, -0.2) is 4.79 Å². The van der Waals surface area contributed by atoms with Crippen LogP contribution < -0.4 is 5.32 Å². The molecule has 0 spiro atoms. The highest BCUT2D eigenvalue weighted by Crippen LogP contribution is 2.34. The van der Waals surface area contributed by atoms with Crippen molar-refractivity contribution in [1.82, 2.24) is 9.80 Å². The lowest BCUT2D eigenvalue weighted by Crippen LogP contribution is -2.58. The molecule has 1 N–H and O–H groups in total. The first-order chi connectivity index (χ1) is 12.0. The lowest BCUT2D eigenvalue weighted by Gasteiger charge is -2.48. The Balaban J connectivity index is 1.54. The van der Waals surface area contributed by atoms with E-state index in [1.54, 1.807) is 0 Å². The van der Waals surface area contributed by atoms with Gasteiger partial charge in [0.05, 0.1) is 12.8 Å². The third-order valence-electron chi connectivity index (χ3n) is 5.67. The first-order valence-electron chi connectivity index (χ1n) is 9.13. The summed E-state index contributed by atoms with van der Waals surface area (Å²) in [6, 6.07) is 1.92. The molecule has 1 aromatic rings. The number of ether oxygens (including phenoxy) is 1.